The summed E-state index contributed by atoms with van der Waals surface area (Å²) >= 11 is 0. The third-order valence-corrected chi connectivity index (χ3v) is 4.63. The van der Waals surface area contributed by atoms with Crippen LogP contribution in [0.25, 0.3) is 11.1 Å². The van der Waals surface area contributed by atoms with Gasteiger partial charge in [0.25, 0.3) is 0 Å². The lowest BCUT2D eigenvalue weighted by molar-refractivity contribution is 0.625. The monoisotopic (exact) mass is 356 g/mol. The molecule has 0 fully saturated rings. The lowest BCUT2D eigenvalue weighted by atomic mass is 10.0. The normalized spacial score (nSPS) is 10.3. The Balaban J connectivity index is 1.77. The van der Waals surface area contributed by atoms with Crippen molar-refractivity contribution in [1.29, 1.82) is 0 Å². The van der Waals surface area contributed by atoms with Crippen LogP contribution in [-0.2, 0) is 12.8 Å². The van der Waals surface area contributed by atoms with E-state index in [9.17, 15) is 4.39 Å². The minimum Gasteiger partial charge on any atom is -0.206 e. The Morgan fingerprint density at radius 3 is 1.78 bits per heavy atom. The van der Waals surface area contributed by atoms with Gasteiger partial charge < -0.3 is 0 Å². The molecule has 3 aromatic rings. The molecule has 0 heterocycles. The molecule has 1 heteroatoms. The highest BCUT2D eigenvalue weighted by molar-refractivity contribution is 5.65. The number of benzene rings is 3. The van der Waals surface area contributed by atoms with Crippen LogP contribution in [0.3, 0.4) is 0 Å². The van der Waals surface area contributed by atoms with Crippen LogP contribution < -0.4 is 0 Å². The Morgan fingerprint density at radius 1 is 0.667 bits per heavy atom. The number of hydrogen-bond acceptors (Lipinski definition) is 0. The zero-order chi connectivity index (χ0) is 19.1. The molecule has 0 spiro atoms. The van der Waals surface area contributed by atoms with Crippen LogP contribution in [0.2, 0.25) is 0 Å². The molecule has 0 saturated carbocycles. The fourth-order valence-electron chi connectivity index (χ4n) is 3.13. The Bertz CT molecular complexity index is 938. The van der Waals surface area contributed by atoms with E-state index in [-0.39, 0.29) is 5.82 Å². The average molecular weight is 356 g/mol. The molecule has 27 heavy (non-hydrogen) atoms. The molecule has 3 rings (SSSR count). The maximum Gasteiger partial charge on any atom is 0.139 e. The summed E-state index contributed by atoms with van der Waals surface area (Å²) in [7, 11) is 0. The van der Waals surface area contributed by atoms with Gasteiger partial charge in [-0.05, 0) is 59.4 Å². The van der Waals surface area contributed by atoms with Gasteiger partial charge in [-0.3, -0.25) is 0 Å². The summed E-state index contributed by atoms with van der Waals surface area (Å²) in [6, 6.07) is 21.8. The predicted molar refractivity (Wildman–Crippen MR) is 112 cm³/mol. The standard InChI is InChI=1S/C26H25F/c1-3-5-20-7-9-22(10-8-20)13-16-24-17-18-25(19-26(24)27)23-14-11-21(6-4-2)12-15-23/h7-12,14-15,17-19H,3-6H2,1-2H3. The molecule has 0 atom stereocenters. The smallest absolute Gasteiger partial charge is 0.139 e. The molecule has 0 saturated heterocycles. The SMILES string of the molecule is CCCc1ccc(C#Cc2ccc(-c3ccc(CCC)cc3)cc2F)cc1. The van der Waals surface area contributed by atoms with Crippen molar-refractivity contribution in [1.82, 2.24) is 0 Å². The molecule has 0 aliphatic carbocycles. The second-order valence-corrected chi connectivity index (χ2v) is 6.84. The minimum absolute atomic E-state index is 0.278. The van der Waals surface area contributed by atoms with Crippen molar-refractivity contribution in [2.45, 2.75) is 39.5 Å². The van der Waals surface area contributed by atoms with E-state index in [1.807, 2.05) is 18.2 Å². The van der Waals surface area contributed by atoms with Gasteiger partial charge in [-0.25, -0.2) is 4.39 Å². The van der Waals surface area contributed by atoms with Gasteiger partial charge in [0, 0.05) is 5.56 Å². The van der Waals surface area contributed by atoms with E-state index in [4.69, 9.17) is 0 Å². The minimum atomic E-state index is -0.278. The molecule has 3 aromatic carbocycles. The van der Waals surface area contributed by atoms with E-state index < -0.39 is 0 Å². The highest BCUT2D eigenvalue weighted by Gasteiger charge is 2.04. The number of aryl methyl sites for hydroxylation is 2. The van der Waals surface area contributed by atoms with Crippen LogP contribution in [0.1, 0.15) is 48.9 Å². The second-order valence-electron chi connectivity index (χ2n) is 6.84. The highest BCUT2D eigenvalue weighted by Crippen LogP contribution is 2.22. The van der Waals surface area contributed by atoms with Gasteiger partial charge >= 0.3 is 0 Å². The van der Waals surface area contributed by atoms with Gasteiger partial charge in [0.15, 0.2) is 0 Å². The van der Waals surface area contributed by atoms with E-state index in [0.717, 1.165) is 42.4 Å². The molecule has 0 amide bonds. The molecule has 0 bridgehead atoms. The first-order valence-electron chi connectivity index (χ1n) is 9.69. The lowest BCUT2D eigenvalue weighted by Crippen LogP contribution is -1.88. The van der Waals surface area contributed by atoms with Gasteiger partial charge in [0.05, 0.1) is 5.56 Å². The zero-order valence-electron chi connectivity index (χ0n) is 16.1. The Hall–Kier alpha value is -2.85. The van der Waals surface area contributed by atoms with Gasteiger partial charge in [-0.2, -0.15) is 0 Å². The summed E-state index contributed by atoms with van der Waals surface area (Å²) in [5.41, 5.74) is 5.87. The van der Waals surface area contributed by atoms with E-state index in [1.54, 1.807) is 12.1 Å². The van der Waals surface area contributed by atoms with Crippen LogP contribution in [0.5, 0.6) is 0 Å². The van der Waals surface area contributed by atoms with Crippen molar-refractivity contribution in [2.75, 3.05) is 0 Å². The quantitative estimate of drug-likeness (QED) is 0.441. The topological polar surface area (TPSA) is 0 Å². The predicted octanol–water partition coefficient (Wildman–Crippen LogP) is 6.80. The molecule has 136 valence electrons. The molecule has 0 aromatic heterocycles. The highest BCUT2D eigenvalue weighted by atomic mass is 19.1. The summed E-state index contributed by atoms with van der Waals surface area (Å²) in [4.78, 5) is 0. The summed E-state index contributed by atoms with van der Waals surface area (Å²) in [5.74, 6) is 5.74. The summed E-state index contributed by atoms with van der Waals surface area (Å²) < 4.78 is 14.5. The van der Waals surface area contributed by atoms with Gasteiger partial charge in [0.2, 0.25) is 0 Å². The van der Waals surface area contributed by atoms with Gasteiger partial charge in [-0.15, -0.1) is 0 Å². The first kappa shape index (κ1) is 18.9. The van der Waals surface area contributed by atoms with Crippen molar-refractivity contribution >= 4 is 0 Å². The van der Waals surface area contributed by atoms with Crippen LogP contribution >= 0.6 is 0 Å². The van der Waals surface area contributed by atoms with Gasteiger partial charge in [-0.1, -0.05) is 81.0 Å². The second kappa shape index (κ2) is 9.19. The average Bonchev–Trinajstić information content (AvgIpc) is 2.69. The number of hydrogen-bond donors (Lipinski definition) is 0. The van der Waals surface area contributed by atoms with E-state index in [1.165, 1.54) is 11.1 Å². The molecule has 0 radical (unpaired) electrons. The molecule has 0 nitrogen and oxygen atoms in total. The Morgan fingerprint density at radius 2 is 1.22 bits per heavy atom. The van der Waals surface area contributed by atoms with Crippen molar-refractivity contribution in [3.63, 3.8) is 0 Å². The van der Waals surface area contributed by atoms with Crippen molar-refractivity contribution in [3.8, 4) is 23.0 Å². The molecule has 0 aliphatic heterocycles. The van der Waals surface area contributed by atoms with Crippen molar-refractivity contribution in [2.24, 2.45) is 0 Å². The van der Waals surface area contributed by atoms with E-state index in [0.29, 0.717) is 5.56 Å². The maximum atomic E-state index is 14.5. The lowest BCUT2D eigenvalue weighted by Gasteiger charge is -2.05. The Kier molecular flexibility index (Phi) is 6.44. The molecule has 0 aliphatic rings. The molecule has 0 N–H and O–H groups in total. The fraction of sp³-hybridized carbons (Fsp3) is 0.231. The van der Waals surface area contributed by atoms with Crippen LogP contribution in [0, 0.1) is 17.7 Å². The molecule has 0 unspecified atom stereocenters. The first-order chi connectivity index (χ1) is 13.2. The maximum absolute atomic E-state index is 14.5. The van der Waals surface area contributed by atoms with Crippen LogP contribution in [0.15, 0.2) is 66.7 Å². The molecular formula is C26H25F. The number of rotatable bonds is 5. The largest absolute Gasteiger partial charge is 0.206 e. The number of halogens is 1. The van der Waals surface area contributed by atoms with E-state index >= 15 is 0 Å². The summed E-state index contributed by atoms with van der Waals surface area (Å²) in [6.07, 6.45) is 4.40. The van der Waals surface area contributed by atoms with Crippen molar-refractivity contribution < 1.29 is 4.39 Å². The molecular weight excluding hydrogens is 331 g/mol. The summed E-state index contributed by atoms with van der Waals surface area (Å²) in [5, 5.41) is 0. The fourth-order valence-corrected chi connectivity index (χ4v) is 3.13. The zero-order valence-corrected chi connectivity index (χ0v) is 16.1. The van der Waals surface area contributed by atoms with Crippen LogP contribution in [0.4, 0.5) is 4.39 Å². The van der Waals surface area contributed by atoms with Gasteiger partial charge in [0.1, 0.15) is 5.82 Å². The first-order valence-corrected chi connectivity index (χ1v) is 9.69. The Labute approximate surface area is 162 Å². The van der Waals surface area contributed by atoms with Crippen molar-refractivity contribution in [3.05, 3.63) is 94.8 Å². The summed E-state index contributed by atoms with van der Waals surface area (Å²) in [6.45, 7) is 4.34. The van der Waals surface area contributed by atoms with Crippen LogP contribution in [-0.4, -0.2) is 0 Å². The van der Waals surface area contributed by atoms with E-state index in [2.05, 4.69) is 62.1 Å². The third kappa shape index (κ3) is 5.08. The third-order valence-electron chi connectivity index (χ3n) is 4.63.